The average molecular weight is 286 g/mol. The normalized spacial score (nSPS) is 11.0. The van der Waals surface area contributed by atoms with Gasteiger partial charge in [-0.2, -0.15) is 0 Å². The molecule has 0 saturated carbocycles. The molecule has 108 valence electrons. The fourth-order valence-corrected chi connectivity index (χ4v) is 2.39. The molecule has 2 aromatic heterocycles. The van der Waals surface area contributed by atoms with Gasteiger partial charge >= 0.3 is 0 Å². The molecule has 1 aromatic carbocycles. The van der Waals surface area contributed by atoms with Crippen molar-refractivity contribution in [1.29, 1.82) is 0 Å². The SMILES string of the molecule is Cc1occc1C(=O)N(C)Cc1cc2cc(F)ccc2[nH]1. The molecular formula is C16H15FN2O2. The number of halogens is 1. The Morgan fingerprint density at radius 1 is 1.33 bits per heavy atom. The molecule has 0 unspecified atom stereocenters. The molecule has 0 radical (unpaired) electrons. The van der Waals surface area contributed by atoms with Gasteiger partial charge in [-0.15, -0.1) is 0 Å². The number of H-pyrrole nitrogens is 1. The summed E-state index contributed by atoms with van der Waals surface area (Å²) in [5.74, 6) is 0.225. The number of carbonyl (C=O) groups excluding carboxylic acids is 1. The van der Waals surface area contributed by atoms with Crippen LogP contribution in [0.15, 0.2) is 41.0 Å². The molecule has 0 aliphatic heterocycles. The van der Waals surface area contributed by atoms with Gasteiger partial charge in [0.25, 0.3) is 5.91 Å². The summed E-state index contributed by atoms with van der Waals surface area (Å²) >= 11 is 0. The maximum atomic E-state index is 13.2. The van der Waals surface area contributed by atoms with Crippen molar-refractivity contribution >= 4 is 16.8 Å². The van der Waals surface area contributed by atoms with Crippen molar-refractivity contribution < 1.29 is 13.6 Å². The van der Waals surface area contributed by atoms with Crippen molar-refractivity contribution in [3.05, 3.63) is 59.4 Å². The number of nitrogens with zero attached hydrogens (tertiary/aromatic N) is 1. The highest BCUT2D eigenvalue weighted by molar-refractivity contribution is 5.95. The van der Waals surface area contributed by atoms with Crippen LogP contribution >= 0.6 is 0 Å². The molecule has 2 heterocycles. The summed E-state index contributed by atoms with van der Waals surface area (Å²) in [6, 6.07) is 8.08. The zero-order valence-corrected chi connectivity index (χ0v) is 11.8. The highest BCUT2D eigenvalue weighted by Gasteiger charge is 2.17. The Morgan fingerprint density at radius 2 is 2.14 bits per heavy atom. The van der Waals surface area contributed by atoms with E-state index < -0.39 is 0 Å². The van der Waals surface area contributed by atoms with Crippen LogP contribution in [0.1, 0.15) is 21.8 Å². The molecule has 4 nitrogen and oxygen atoms in total. The molecule has 0 aliphatic carbocycles. The third-order valence-electron chi connectivity index (χ3n) is 3.48. The summed E-state index contributed by atoms with van der Waals surface area (Å²) in [7, 11) is 1.72. The smallest absolute Gasteiger partial charge is 0.257 e. The van der Waals surface area contributed by atoms with Gasteiger partial charge in [0.05, 0.1) is 18.4 Å². The van der Waals surface area contributed by atoms with E-state index in [0.717, 1.165) is 16.6 Å². The fourth-order valence-electron chi connectivity index (χ4n) is 2.39. The van der Waals surface area contributed by atoms with E-state index in [1.807, 2.05) is 6.07 Å². The number of rotatable bonds is 3. The Labute approximate surface area is 121 Å². The van der Waals surface area contributed by atoms with E-state index in [1.54, 1.807) is 31.0 Å². The third kappa shape index (κ3) is 2.54. The van der Waals surface area contributed by atoms with Crippen LogP contribution in [-0.4, -0.2) is 22.8 Å². The van der Waals surface area contributed by atoms with E-state index in [-0.39, 0.29) is 11.7 Å². The molecule has 0 aliphatic rings. The molecule has 5 heteroatoms. The first-order valence-electron chi connectivity index (χ1n) is 6.61. The van der Waals surface area contributed by atoms with E-state index in [1.165, 1.54) is 18.4 Å². The minimum Gasteiger partial charge on any atom is -0.469 e. The van der Waals surface area contributed by atoms with Gasteiger partial charge in [0, 0.05) is 23.6 Å². The number of nitrogens with one attached hydrogen (secondary N) is 1. The Kier molecular flexibility index (Phi) is 3.25. The summed E-state index contributed by atoms with van der Waals surface area (Å²) in [5, 5.41) is 0.797. The van der Waals surface area contributed by atoms with Gasteiger partial charge in [-0.1, -0.05) is 0 Å². The highest BCUT2D eigenvalue weighted by Crippen LogP contribution is 2.18. The quantitative estimate of drug-likeness (QED) is 0.801. The molecule has 3 rings (SSSR count). The first-order chi connectivity index (χ1) is 10.0. The van der Waals surface area contributed by atoms with Crippen molar-refractivity contribution in [3.8, 4) is 0 Å². The molecule has 1 N–H and O–H groups in total. The van der Waals surface area contributed by atoms with Gasteiger partial charge in [0.1, 0.15) is 11.6 Å². The van der Waals surface area contributed by atoms with E-state index in [2.05, 4.69) is 4.98 Å². The summed E-state index contributed by atoms with van der Waals surface area (Å²) in [5.41, 5.74) is 2.26. The van der Waals surface area contributed by atoms with Crippen molar-refractivity contribution in [2.24, 2.45) is 0 Å². The number of carbonyl (C=O) groups is 1. The number of hydrogen-bond donors (Lipinski definition) is 1. The molecule has 1 amide bonds. The lowest BCUT2D eigenvalue weighted by atomic mass is 10.2. The Balaban J connectivity index is 1.81. The molecule has 3 aromatic rings. The Bertz CT molecular complexity index is 804. The molecule has 0 bridgehead atoms. The second-order valence-electron chi connectivity index (χ2n) is 5.08. The van der Waals surface area contributed by atoms with E-state index in [9.17, 15) is 9.18 Å². The zero-order chi connectivity index (χ0) is 15.0. The van der Waals surface area contributed by atoms with Crippen molar-refractivity contribution in [2.75, 3.05) is 7.05 Å². The van der Waals surface area contributed by atoms with Gasteiger partial charge in [-0.05, 0) is 37.3 Å². The predicted molar refractivity (Wildman–Crippen MR) is 77.5 cm³/mol. The number of hydrogen-bond acceptors (Lipinski definition) is 2. The van der Waals surface area contributed by atoms with Crippen LogP contribution in [0.3, 0.4) is 0 Å². The maximum Gasteiger partial charge on any atom is 0.257 e. The van der Waals surface area contributed by atoms with Gasteiger partial charge < -0.3 is 14.3 Å². The Morgan fingerprint density at radius 3 is 2.86 bits per heavy atom. The Hall–Kier alpha value is -2.56. The molecule has 0 spiro atoms. The number of aryl methyl sites for hydroxylation is 1. The van der Waals surface area contributed by atoms with Crippen LogP contribution in [0.4, 0.5) is 4.39 Å². The number of furan rings is 1. The van der Waals surface area contributed by atoms with Crippen molar-refractivity contribution in [2.45, 2.75) is 13.5 Å². The topological polar surface area (TPSA) is 49.2 Å². The fraction of sp³-hybridized carbons (Fsp3) is 0.188. The lowest BCUT2D eigenvalue weighted by molar-refractivity contribution is 0.0782. The minimum atomic E-state index is -0.272. The summed E-state index contributed by atoms with van der Waals surface area (Å²) in [6.07, 6.45) is 1.50. The van der Waals surface area contributed by atoms with Crippen LogP contribution in [0.5, 0.6) is 0 Å². The second-order valence-corrected chi connectivity index (χ2v) is 5.08. The van der Waals surface area contributed by atoms with Crippen LogP contribution in [-0.2, 0) is 6.54 Å². The number of aromatic amines is 1. The van der Waals surface area contributed by atoms with E-state index in [4.69, 9.17) is 4.42 Å². The monoisotopic (exact) mass is 286 g/mol. The van der Waals surface area contributed by atoms with Crippen molar-refractivity contribution in [3.63, 3.8) is 0 Å². The first-order valence-corrected chi connectivity index (χ1v) is 6.61. The zero-order valence-electron chi connectivity index (χ0n) is 11.8. The average Bonchev–Trinajstić information content (AvgIpc) is 3.03. The van der Waals surface area contributed by atoms with Crippen LogP contribution in [0.25, 0.3) is 10.9 Å². The number of aromatic nitrogens is 1. The van der Waals surface area contributed by atoms with Crippen molar-refractivity contribution in [1.82, 2.24) is 9.88 Å². The lowest BCUT2D eigenvalue weighted by Gasteiger charge is -2.15. The second kappa shape index (κ2) is 5.09. The van der Waals surface area contributed by atoms with Crippen LogP contribution in [0.2, 0.25) is 0 Å². The minimum absolute atomic E-state index is 0.105. The number of benzene rings is 1. The molecule has 0 atom stereocenters. The van der Waals surface area contributed by atoms with E-state index >= 15 is 0 Å². The molecule has 21 heavy (non-hydrogen) atoms. The third-order valence-corrected chi connectivity index (χ3v) is 3.48. The summed E-state index contributed by atoms with van der Waals surface area (Å²) in [4.78, 5) is 17.1. The highest BCUT2D eigenvalue weighted by atomic mass is 19.1. The van der Waals surface area contributed by atoms with E-state index in [0.29, 0.717) is 17.9 Å². The maximum absolute atomic E-state index is 13.2. The standard InChI is InChI=1S/C16H15FN2O2/c1-10-14(5-6-21-10)16(20)19(2)9-13-8-11-7-12(17)3-4-15(11)18-13/h3-8,18H,9H2,1-2H3. The van der Waals surface area contributed by atoms with Gasteiger partial charge in [-0.3, -0.25) is 4.79 Å². The molecule has 0 fully saturated rings. The van der Waals surface area contributed by atoms with Crippen LogP contribution < -0.4 is 0 Å². The number of fused-ring (bicyclic) bond motifs is 1. The summed E-state index contributed by atoms with van der Waals surface area (Å²) in [6.45, 7) is 2.17. The van der Waals surface area contributed by atoms with Gasteiger partial charge in [0.15, 0.2) is 0 Å². The molecular weight excluding hydrogens is 271 g/mol. The van der Waals surface area contributed by atoms with Crippen LogP contribution in [0, 0.1) is 12.7 Å². The summed E-state index contributed by atoms with van der Waals surface area (Å²) < 4.78 is 18.3. The van der Waals surface area contributed by atoms with Gasteiger partial charge in [0.2, 0.25) is 0 Å². The van der Waals surface area contributed by atoms with Gasteiger partial charge in [-0.25, -0.2) is 4.39 Å². The largest absolute Gasteiger partial charge is 0.469 e. The molecule has 0 saturated heterocycles. The predicted octanol–water partition coefficient (Wildman–Crippen LogP) is 3.48. The first kappa shape index (κ1) is 13.4. The number of amides is 1. The lowest BCUT2D eigenvalue weighted by Crippen LogP contribution is -2.26.